The van der Waals surface area contributed by atoms with E-state index < -0.39 is 0 Å². The van der Waals surface area contributed by atoms with Gasteiger partial charge in [0.05, 0.1) is 11.0 Å². The first-order chi connectivity index (χ1) is 11.6. The van der Waals surface area contributed by atoms with Gasteiger partial charge in [-0.3, -0.25) is 4.79 Å². The van der Waals surface area contributed by atoms with Crippen molar-refractivity contribution in [3.63, 3.8) is 0 Å². The molecule has 24 heavy (non-hydrogen) atoms. The van der Waals surface area contributed by atoms with Gasteiger partial charge in [-0.2, -0.15) is 0 Å². The van der Waals surface area contributed by atoms with Gasteiger partial charge < -0.3 is 15.6 Å². The lowest BCUT2D eigenvalue weighted by Crippen LogP contribution is -2.24. The summed E-state index contributed by atoms with van der Waals surface area (Å²) < 4.78 is 2.17. The van der Waals surface area contributed by atoms with Crippen molar-refractivity contribution in [2.24, 2.45) is 0 Å². The number of amides is 1. The summed E-state index contributed by atoms with van der Waals surface area (Å²) in [6.45, 7) is 5.42. The molecule has 6 nitrogen and oxygen atoms in total. The van der Waals surface area contributed by atoms with Crippen LogP contribution in [0.1, 0.15) is 32.0 Å². The van der Waals surface area contributed by atoms with Crippen LogP contribution in [0.15, 0.2) is 24.3 Å². The zero-order chi connectivity index (χ0) is 17.1. The SMILES string of the molecule is CCCC(=O)NCCCn1c(C)nc2c(N)nc3ccccc3c21. The zero-order valence-electron chi connectivity index (χ0n) is 14.2. The lowest BCUT2D eigenvalue weighted by Gasteiger charge is -2.10. The Kier molecular flexibility index (Phi) is 4.64. The van der Waals surface area contributed by atoms with Gasteiger partial charge >= 0.3 is 0 Å². The van der Waals surface area contributed by atoms with Crippen molar-refractivity contribution in [1.82, 2.24) is 19.9 Å². The van der Waals surface area contributed by atoms with E-state index in [1.54, 1.807) is 0 Å². The van der Waals surface area contributed by atoms with Gasteiger partial charge in [-0.05, 0) is 25.8 Å². The van der Waals surface area contributed by atoms with Crippen LogP contribution < -0.4 is 11.1 Å². The first kappa shape index (κ1) is 16.2. The predicted octanol–water partition coefficient (Wildman–Crippen LogP) is 2.78. The minimum Gasteiger partial charge on any atom is -0.382 e. The van der Waals surface area contributed by atoms with Crippen LogP contribution >= 0.6 is 0 Å². The van der Waals surface area contributed by atoms with E-state index in [0.29, 0.717) is 18.8 Å². The van der Waals surface area contributed by atoms with Gasteiger partial charge in [0.15, 0.2) is 5.82 Å². The first-order valence-electron chi connectivity index (χ1n) is 8.39. The number of nitrogen functional groups attached to an aromatic ring is 1. The number of aryl methyl sites for hydroxylation is 2. The molecule has 0 fully saturated rings. The summed E-state index contributed by atoms with van der Waals surface area (Å²) in [6, 6.07) is 7.96. The molecular weight excluding hydrogens is 302 g/mol. The fourth-order valence-corrected chi connectivity index (χ4v) is 3.02. The number of nitrogens with zero attached hydrogens (tertiary/aromatic N) is 3. The highest BCUT2D eigenvalue weighted by molar-refractivity contribution is 6.06. The van der Waals surface area contributed by atoms with Crippen molar-refractivity contribution in [1.29, 1.82) is 0 Å². The average Bonchev–Trinajstić information content (AvgIpc) is 2.89. The Morgan fingerprint density at radius 1 is 1.29 bits per heavy atom. The third kappa shape index (κ3) is 3.04. The molecular formula is C18H23N5O. The van der Waals surface area contributed by atoms with Gasteiger partial charge in [-0.15, -0.1) is 0 Å². The Morgan fingerprint density at radius 3 is 2.88 bits per heavy atom. The van der Waals surface area contributed by atoms with Gasteiger partial charge in [0.1, 0.15) is 11.3 Å². The second kappa shape index (κ2) is 6.86. The van der Waals surface area contributed by atoms with Crippen molar-refractivity contribution in [3.05, 3.63) is 30.1 Å². The van der Waals surface area contributed by atoms with E-state index in [1.165, 1.54) is 0 Å². The second-order valence-electron chi connectivity index (χ2n) is 5.98. The van der Waals surface area contributed by atoms with Crippen molar-refractivity contribution >= 4 is 33.7 Å². The maximum Gasteiger partial charge on any atom is 0.219 e. The molecule has 0 unspecified atom stereocenters. The van der Waals surface area contributed by atoms with Crippen molar-refractivity contribution in [2.45, 2.75) is 39.7 Å². The van der Waals surface area contributed by atoms with E-state index >= 15 is 0 Å². The first-order valence-corrected chi connectivity index (χ1v) is 8.39. The van der Waals surface area contributed by atoms with Crippen LogP contribution in [-0.4, -0.2) is 27.0 Å². The maximum atomic E-state index is 11.5. The summed E-state index contributed by atoms with van der Waals surface area (Å²) in [7, 11) is 0. The van der Waals surface area contributed by atoms with Crippen LogP contribution in [0.3, 0.4) is 0 Å². The molecule has 3 rings (SSSR count). The number of pyridine rings is 1. The average molecular weight is 325 g/mol. The summed E-state index contributed by atoms with van der Waals surface area (Å²) in [4.78, 5) is 20.6. The smallest absolute Gasteiger partial charge is 0.219 e. The molecule has 0 aliphatic heterocycles. The standard InChI is InChI=1S/C18H23N5O/c1-3-7-15(24)20-10-6-11-23-12(2)21-16-17(23)13-8-4-5-9-14(13)22-18(16)19/h4-5,8-9H,3,6-7,10-11H2,1-2H3,(H2,19,22)(H,20,24). The van der Waals surface area contributed by atoms with Gasteiger partial charge in [0.2, 0.25) is 5.91 Å². The molecule has 2 aromatic heterocycles. The number of anilines is 1. The van der Waals surface area contributed by atoms with Crippen molar-refractivity contribution < 1.29 is 4.79 Å². The van der Waals surface area contributed by atoms with Gasteiger partial charge in [-0.25, -0.2) is 9.97 Å². The molecule has 1 aromatic carbocycles. The van der Waals surface area contributed by atoms with Crippen LogP contribution in [0.5, 0.6) is 0 Å². The fraction of sp³-hybridized carbons (Fsp3) is 0.389. The molecule has 0 atom stereocenters. The van der Waals surface area contributed by atoms with E-state index in [-0.39, 0.29) is 5.91 Å². The van der Waals surface area contributed by atoms with Gasteiger partial charge in [0, 0.05) is 24.9 Å². The molecule has 2 heterocycles. The number of benzene rings is 1. The number of para-hydroxylation sites is 1. The molecule has 0 radical (unpaired) electrons. The Morgan fingerprint density at radius 2 is 2.08 bits per heavy atom. The number of imidazole rings is 1. The molecule has 0 aliphatic carbocycles. The molecule has 3 N–H and O–H groups in total. The monoisotopic (exact) mass is 325 g/mol. The number of hydrogen-bond acceptors (Lipinski definition) is 4. The largest absolute Gasteiger partial charge is 0.382 e. The van der Waals surface area contributed by atoms with Gasteiger partial charge in [0.25, 0.3) is 0 Å². The van der Waals surface area contributed by atoms with Crippen molar-refractivity contribution in [2.75, 3.05) is 12.3 Å². The molecule has 1 amide bonds. The topological polar surface area (TPSA) is 85.8 Å². The molecule has 0 spiro atoms. The molecule has 0 saturated carbocycles. The number of carbonyl (C=O) groups excluding carboxylic acids is 1. The third-order valence-corrected chi connectivity index (χ3v) is 4.16. The number of aromatic nitrogens is 3. The molecule has 3 aromatic rings. The lowest BCUT2D eigenvalue weighted by atomic mass is 10.2. The molecule has 0 bridgehead atoms. The summed E-state index contributed by atoms with van der Waals surface area (Å²) in [5.74, 6) is 1.49. The maximum absolute atomic E-state index is 11.5. The quantitative estimate of drug-likeness (QED) is 0.682. The number of fused-ring (bicyclic) bond motifs is 3. The normalized spacial score (nSPS) is 11.2. The summed E-state index contributed by atoms with van der Waals surface area (Å²) in [5, 5.41) is 4.01. The van der Waals surface area contributed by atoms with Crippen LogP contribution in [-0.2, 0) is 11.3 Å². The van der Waals surface area contributed by atoms with E-state index in [2.05, 4.69) is 19.9 Å². The highest BCUT2D eigenvalue weighted by atomic mass is 16.1. The van der Waals surface area contributed by atoms with Crippen LogP contribution in [0.4, 0.5) is 5.82 Å². The minimum absolute atomic E-state index is 0.114. The fourth-order valence-electron chi connectivity index (χ4n) is 3.02. The van der Waals surface area contributed by atoms with E-state index in [0.717, 1.165) is 47.1 Å². The summed E-state index contributed by atoms with van der Waals surface area (Å²) in [5.41, 5.74) is 8.74. The highest BCUT2D eigenvalue weighted by Crippen LogP contribution is 2.28. The van der Waals surface area contributed by atoms with Crippen molar-refractivity contribution in [3.8, 4) is 0 Å². The van der Waals surface area contributed by atoms with Crippen LogP contribution in [0.2, 0.25) is 0 Å². The Labute approximate surface area is 141 Å². The Balaban J connectivity index is 1.88. The third-order valence-electron chi connectivity index (χ3n) is 4.16. The summed E-state index contributed by atoms with van der Waals surface area (Å²) >= 11 is 0. The van der Waals surface area contributed by atoms with E-state index in [9.17, 15) is 4.79 Å². The van der Waals surface area contributed by atoms with Crippen LogP contribution in [0, 0.1) is 6.92 Å². The number of carbonyl (C=O) groups is 1. The Hall–Kier alpha value is -2.63. The Bertz CT molecular complexity index is 884. The predicted molar refractivity (Wildman–Crippen MR) is 96.7 cm³/mol. The summed E-state index contributed by atoms with van der Waals surface area (Å²) in [6.07, 6.45) is 2.30. The molecule has 0 saturated heterocycles. The lowest BCUT2D eigenvalue weighted by molar-refractivity contribution is -0.121. The number of rotatable bonds is 6. The van der Waals surface area contributed by atoms with Crippen LogP contribution in [0.25, 0.3) is 21.9 Å². The second-order valence-corrected chi connectivity index (χ2v) is 5.98. The highest BCUT2D eigenvalue weighted by Gasteiger charge is 2.14. The number of hydrogen-bond donors (Lipinski definition) is 2. The minimum atomic E-state index is 0.114. The number of nitrogens with one attached hydrogen (secondary N) is 1. The van der Waals surface area contributed by atoms with Gasteiger partial charge in [-0.1, -0.05) is 25.1 Å². The molecule has 6 heteroatoms. The molecule has 126 valence electrons. The zero-order valence-corrected chi connectivity index (χ0v) is 14.2. The van der Waals surface area contributed by atoms with E-state index in [1.807, 2.05) is 38.1 Å². The van der Waals surface area contributed by atoms with E-state index in [4.69, 9.17) is 5.73 Å². The number of nitrogens with two attached hydrogens (primary N) is 1. The molecule has 0 aliphatic rings.